The summed E-state index contributed by atoms with van der Waals surface area (Å²) in [7, 11) is 0. The molecule has 0 unspecified atom stereocenters. The number of alkyl halides is 3. The molecule has 0 heterocycles. The van der Waals surface area contributed by atoms with Gasteiger partial charge in [-0.25, -0.2) is 0 Å². The number of halogens is 3. The quantitative estimate of drug-likeness (QED) is 0.895. The van der Waals surface area contributed by atoms with Gasteiger partial charge in [-0.05, 0) is 50.3 Å². The van der Waals surface area contributed by atoms with Crippen LogP contribution in [0.15, 0.2) is 18.2 Å². The van der Waals surface area contributed by atoms with Gasteiger partial charge in [0, 0.05) is 17.3 Å². The molecule has 3 nitrogen and oxygen atoms in total. The second-order valence-electron chi connectivity index (χ2n) is 5.58. The van der Waals surface area contributed by atoms with Crippen molar-refractivity contribution < 1.29 is 18.0 Å². The highest BCUT2D eigenvalue weighted by molar-refractivity contribution is 5.95. The Bertz CT molecular complexity index is 520. The van der Waals surface area contributed by atoms with Crippen molar-refractivity contribution in [1.82, 2.24) is 0 Å². The van der Waals surface area contributed by atoms with Gasteiger partial charge in [0.25, 0.3) is 0 Å². The van der Waals surface area contributed by atoms with E-state index in [-0.39, 0.29) is 18.9 Å². The Morgan fingerprint density at radius 1 is 1.24 bits per heavy atom. The molecule has 0 aromatic heterocycles. The summed E-state index contributed by atoms with van der Waals surface area (Å²) in [6, 6.07) is 5.18. The molecular weight excluding hydrogens is 281 g/mol. The Kier molecular flexibility index (Phi) is 4.44. The molecule has 0 bridgehead atoms. The monoisotopic (exact) mass is 300 g/mol. The van der Waals surface area contributed by atoms with Gasteiger partial charge < -0.3 is 11.1 Å². The van der Waals surface area contributed by atoms with Crippen molar-refractivity contribution in [2.75, 3.05) is 5.32 Å². The zero-order valence-corrected chi connectivity index (χ0v) is 11.8. The van der Waals surface area contributed by atoms with Crippen LogP contribution in [0, 0.1) is 12.8 Å². The first-order chi connectivity index (χ1) is 9.79. The van der Waals surface area contributed by atoms with Crippen LogP contribution in [-0.2, 0) is 0 Å². The summed E-state index contributed by atoms with van der Waals surface area (Å²) in [6.45, 7) is 1.78. The van der Waals surface area contributed by atoms with Crippen molar-refractivity contribution in [3.63, 3.8) is 0 Å². The molecule has 1 aromatic carbocycles. The summed E-state index contributed by atoms with van der Waals surface area (Å²) in [4.78, 5) is 11.3. The number of benzene rings is 1. The van der Waals surface area contributed by atoms with Gasteiger partial charge in [0.05, 0.1) is 5.92 Å². The highest BCUT2D eigenvalue weighted by atomic mass is 19.4. The first kappa shape index (κ1) is 15.7. The first-order valence-corrected chi connectivity index (χ1v) is 7.01. The molecular formula is C15H19F3N2O. The zero-order chi connectivity index (χ0) is 15.6. The molecule has 0 saturated heterocycles. The molecule has 1 aromatic rings. The van der Waals surface area contributed by atoms with Gasteiger partial charge in [0.1, 0.15) is 0 Å². The third-order valence-corrected chi connectivity index (χ3v) is 4.15. The van der Waals surface area contributed by atoms with E-state index in [4.69, 9.17) is 5.73 Å². The molecule has 116 valence electrons. The molecule has 1 aliphatic rings. The van der Waals surface area contributed by atoms with Gasteiger partial charge in [-0.3, -0.25) is 4.79 Å². The summed E-state index contributed by atoms with van der Waals surface area (Å²) in [6.07, 6.45) is -2.84. The molecule has 2 rings (SSSR count). The smallest absolute Gasteiger partial charge is 0.382 e. The molecule has 0 spiro atoms. The molecule has 1 amide bonds. The van der Waals surface area contributed by atoms with E-state index in [1.54, 1.807) is 19.1 Å². The van der Waals surface area contributed by atoms with Crippen molar-refractivity contribution in [3.8, 4) is 0 Å². The van der Waals surface area contributed by atoms with Gasteiger partial charge in [-0.15, -0.1) is 0 Å². The lowest BCUT2D eigenvalue weighted by Gasteiger charge is -2.31. The third-order valence-electron chi connectivity index (χ3n) is 4.15. The molecule has 0 atom stereocenters. The predicted octanol–water partition coefficient (Wildman–Crippen LogP) is 3.63. The standard InChI is InChI=1S/C15H19F3N2O/c1-9-12(14(19)21)3-2-4-13(9)20-11-7-5-10(6-8-11)15(16,17)18/h2-4,10-11,20H,5-8H2,1H3,(H2,19,21). The minimum absolute atomic E-state index is 0.00502. The van der Waals surface area contributed by atoms with Crippen LogP contribution in [0.2, 0.25) is 0 Å². The van der Waals surface area contributed by atoms with Gasteiger partial charge in [-0.1, -0.05) is 6.07 Å². The zero-order valence-electron chi connectivity index (χ0n) is 11.8. The Morgan fingerprint density at radius 3 is 2.38 bits per heavy atom. The van der Waals surface area contributed by atoms with Gasteiger partial charge in [-0.2, -0.15) is 13.2 Å². The van der Waals surface area contributed by atoms with Gasteiger partial charge in [0.15, 0.2) is 0 Å². The number of amides is 1. The Labute approximate surface area is 121 Å². The summed E-state index contributed by atoms with van der Waals surface area (Å²) < 4.78 is 37.9. The van der Waals surface area contributed by atoms with Crippen LogP contribution in [-0.4, -0.2) is 18.1 Å². The predicted molar refractivity (Wildman–Crippen MR) is 75.1 cm³/mol. The third kappa shape index (κ3) is 3.68. The summed E-state index contributed by atoms with van der Waals surface area (Å²) in [5, 5.41) is 3.24. The number of anilines is 1. The molecule has 6 heteroatoms. The fourth-order valence-electron chi connectivity index (χ4n) is 2.84. The number of rotatable bonds is 3. The van der Waals surface area contributed by atoms with E-state index in [1.165, 1.54) is 0 Å². The maximum absolute atomic E-state index is 12.6. The van der Waals surface area contributed by atoms with Crippen LogP contribution < -0.4 is 11.1 Å². The van der Waals surface area contributed by atoms with E-state index in [9.17, 15) is 18.0 Å². The molecule has 21 heavy (non-hydrogen) atoms. The van der Waals surface area contributed by atoms with E-state index in [0.717, 1.165) is 11.3 Å². The molecule has 3 N–H and O–H groups in total. The lowest BCUT2D eigenvalue weighted by molar-refractivity contribution is -0.182. The molecule has 1 fully saturated rings. The Balaban J connectivity index is 2.01. The van der Waals surface area contributed by atoms with E-state index in [1.807, 2.05) is 6.07 Å². The van der Waals surface area contributed by atoms with Crippen LogP contribution in [0.5, 0.6) is 0 Å². The van der Waals surface area contributed by atoms with Crippen LogP contribution in [0.4, 0.5) is 18.9 Å². The number of nitrogens with two attached hydrogens (primary N) is 1. The average molecular weight is 300 g/mol. The van der Waals surface area contributed by atoms with E-state index >= 15 is 0 Å². The topological polar surface area (TPSA) is 55.1 Å². The number of carbonyl (C=O) groups is 1. The molecule has 0 radical (unpaired) electrons. The summed E-state index contributed by atoms with van der Waals surface area (Å²) >= 11 is 0. The van der Waals surface area contributed by atoms with Crippen LogP contribution in [0.1, 0.15) is 41.6 Å². The second kappa shape index (κ2) is 5.95. The average Bonchev–Trinajstić information content (AvgIpc) is 2.40. The number of nitrogens with one attached hydrogen (secondary N) is 1. The van der Waals surface area contributed by atoms with E-state index < -0.39 is 18.0 Å². The van der Waals surface area contributed by atoms with Crippen molar-refractivity contribution in [1.29, 1.82) is 0 Å². The lowest BCUT2D eigenvalue weighted by Crippen LogP contribution is -2.33. The molecule has 1 aliphatic carbocycles. The van der Waals surface area contributed by atoms with Crippen molar-refractivity contribution in [3.05, 3.63) is 29.3 Å². The van der Waals surface area contributed by atoms with Crippen LogP contribution in [0.25, 0.3) is 0 Å². The number of primary amides is 1. The fourth-order valence-corrected chi connectivity index (χ4v) is 2.84. The van der Waals surface area contributed by atoms with Gasteiger partial charge >= 0.3 is 6.18 Å². The lowest BCUT2D eigenvalue weighted by atomic mass is 9.85. The Morgan fingerprint density at radius 2 is 1.86 bits per heavy atom. The second-order valence-corrected chi connectivity index (χ2v) is 5.58. The van der Waals surface area contributed by atoms with Crippen LogP contribution in [0.3, 0.4) is 0 Å². The van der Waals surface area contributed by atoms with E-state index in [0.29, 0.717) is 18.4 Å². The van der Waals surface area contributed by atoms with Crippen molar-refractivity contribution in [2.24, 2.45) is 11.7 Å². The molecule has 0 aliphatic heterocycles. The summed E-state index contributed by atoms with van der Waals surface area (Å²) in [5.74, 6) is -1.69. The minimum Gasteiger partial charge on any atom is -0.382 e. The minimum atomic E-state index is -4.09. The van der Waals surface area contributed by atoms with E-state index in [2.05, 4.69) is 5.32 Å². The maximum Gasteiger partial charge on any atom is 0.391 e. The highest BCUT2D eigenvalue weighted by Crippen LogP contribution is 2.38. The van der Waals surface area contributed by atoms with Crippen LogP contribution >= 0.6 is 0 Å². The number of hydrogen-bond donors (Lipinski definition) is 2. The van der Waals surface area contributed by atoms with Crippen molar-refractivity contribution >= 4 is 11.6 Å². The van der Waals surface area contributed by atoms with Gasteiger partial charge in [0.2, 0.25) is 5.91 Å². The fraction of sp³-hybridized carbons (Fsp3) is 0.533. The van der Waals surface area contributed by atoms with Crippen molar-refractivity contribution in [2.45, 2.75) is 44.8 Å². The normalized spacial score (nSPS) is 22.9. The summed E-state index contributed by atoms with van der Waals surface area (Å²) in [5.41, 5.74) is 7.23. The SMILES string of the molecule is Cc1c(NC2CCC(C(F)(F)F)CC2)cccc1C(N)=O. The highest BCUT2D eigenvalue weighted by Gasteiger charge is 2.41. The number of hydrogen-bond acceptors (Lipinski definition) is 2. The first-order valence-electron chi connectivity index (χ1n) is 7.01. The molecule has 1 saturated carbocycles. The Hall–Kier alpha value is -1.72. The number of carbonyl (C=O) groups excluding carboxylic acids is 1. The largest absolute Gasteiger partial charge is 0.391 e. The maximum atomic E-state index is 12.6.